The van der Waals surface area contributed by atoms with Crippen LogP contribution in [0.5, 0.6) is 5.75 Å². The second-order valence-corrected chi connectivity index (χ2v) is 17.8. The number of fused-ring (bicyclic) bond motifs is 2. The third-order valence-electron chi connectivity index (χ3n) is 10.1. The van der Waals surface area contributed by atoms with E-state index in [4.69, 9.17) is 27.1 Å². The molecule has 0 aromatic heterocycles. The summed E-state index contributed by atoms with van der Waals surface area (Å²) >= 11 is 5.45. The van der Waals surface area contributed by atoms with E-state index >= 15 is 0 Å². The maximum atomic E-state index is 13.9. The minimum Gasteiger partial charge on any atom is -0.508 e. The Kier molecular flexibility index (Phi) is 19.4. The Morgan fingerprint density at radius 1 is 0.791 bits per heavy atom. The number of alkyl carbamates (subject to hydrolysis) is 1. The van der Waals surface area contributed by atoms with Crippen LogP contribution in [0.15, 0.2) is 63.8 Å². The normalized spacial score (nSPS) is 12.7. The van der Waals surface area contributed by atoms with Gasteiger partial charge in [-0.05, 0) is 133 Å². The van der Waals surface area contributed by atoms with E-state index in [0.717, 1.165) is 6.42 Å². The van der Waals surface area contributed by atoms with Crippen molar-refractivity contribution in [1.82, 2.24) is 31.9 Å². The molecule has 19 nitrogen and oxygen atoms in total. The first kappa shape index (κ1) is 52.8. The number of phenols is 1. The number of carbonyl (C=O) groups is 6. The lowest BCUT2D eigenvalue weighted by Crippen LogP contribution is -2.57. The highest BCUT2D eigenvalue weighted by atomic mass is 32.1. The Morgan fingerprint density at radius 3 is 2.16 bits per heavy atom. The molecule has 0 radical (unpaired) electrons. The second-order valence-electron chi connectivity index (χ2n) is 17.4. The molecule has 67 heavy (non-hydrogen) atoms. The highest BCUT2D eigenvalue weighted by Crippen LogP contribution is 2.42. The second kappa shape index (κ2) is 24.6. The smallest absolute Gasteiger partial charge is 0.407 e. The number of thiocarbonyl (C=S) groups is 1. The molecule has 20 heteroatoms. The predicted molar refractivity (Wildman–Crippen MR) is 258 cm³/mol. The van der Waals surface area contributed by atoms with Crippen LogP contribution in [0.3, 0.4) is 0 Å². The number of phenolic OH excluding ortho intramolecular Hbond substituents is 1. The predicted octanol–water partition coefficient (Wildman–Crippen LogP) is 4.33. The molecule has 5 amide bonds. The molecule has 4 rings (SSSR count). The van der Waals surface area contributed by atoms with E-state index < -0.39 is 60.1 Å². The Balaban J connectivity index is 1.46. The number of unbranched alkanes of at least 4 members (excludes halogenated alkanes) is 2. The maximum Gasteiger partial charge on any atom is 0.407 e. The molecule has 362 valence electrons. The Labute approximate surface area is 394 Å². The number of hydrogen-bond donors (Lipinski definition) is 10. The van der Waals surface area contributed by atoms with Crippen molar-refractivity contribution in [1.29, 1.82) is 0 Å². The zero-order valence-corrected chi connectivity index (χ0v) is 39.4. The molecular formula is C47H62N8O11S. The van der Waals surface area contributed by atoms with Gasteiger partial charge in [0.2, 0.25) is 23.6 Å². The summed E-state index contributed by atoms with van der Waals surface area (Å²) in [6.45, 7) is 11.2. The Hall–Kier alpha value is -6.80. The van der Waals surface area contributed by atoms with Crippen molar-refractivity contribution >= 4 is 69.7 Å². The molecule has 2 aromatic carbocycles. The van der Waals surface area contributed by atoms with Crippen LogP contribution in [0, 0.1) is 5.92 Å². The van der Waals surface area contributed by atoms with Crippen LogP contribution in [-0.2, 0) is 23.9 Å². The molecular weight excluding hydrogens is 885 g/mol. The molecule has 11 N–H and O–H groups in total. The molecule has 1 heterocycles. The molecule has 0 saturated heterocycles. The maximum absolute atomic E-state index is 13.9. The average Bonchev–Trinajstić information content (AvgIpc) is 3.24. The molecule has 3 atom stereocenters. The summed E-state index contributed by atoms with van der Waals surface area (Å²) in [5.74, 6) is -3.45. The quantitative estimate of drug-likeness (QED) is 0.0298. The number of aromatic carboxylic acids is 1. The van der Waals surface area contributed by atoms with Crippen LogP contribution in [-0.4, -0.2) is 101 Å². The van der Waals surface area contributed by atoms with E-state index in [1.54, 1.807) is 45.0 Å². The van der Waals surface area contributed by atoms with Gasteiger partial charge in [0.05, 0.1) is 12.1 Å². The molecule has 2 aliphatic rings. The summed E-state index contributed by atoms with van der Waals surface area (Å²) in [6.07, 6.45) is 1.97. The first-order valence-corrected chi connectivity index (χ1v) is 22.5. The lowest BCUT2D eigenvalue weighted by Gasteiger charge is -2.25. The van der Waals surface area contributed by atoms with Crippen LogP contribution in [0.1, 0.15) is 90.4 Å². The average molecular weight is 947 g/mol. The first-order valence-electron chi connectivity index (χ1n) is 22.1. The minimum absolute atomic E-state index is 0.0402. The number of nitrogens with one attached hydrogen (secondary N) is 7. The molecule has 1 aliphatic carbocycles. The van der Waals surface area contributed by atoms with E-state index in [2.05, 4.69) is 37.2 Å². The molecule has 0 saturated carbocycles. The Bertz CT molecular complexity index is 2450. The van der Waals surface area contributed by atoms with Crippen molar-refractivity contribution in [2.24, 2.45) is 11.7 Å². The van der Waals surface area contributed by atoms with Crippen LogP contribution < -0.4 is 48.4 Å². The van der Waals surface area contributed by atoms with Gasteiger partial charge in [-0.15, -0.1) is 0 Å². The SMILES string of the molecule is CC(C)CC(NC(=O)[C@H](CCCCNC(=O)OC(C)(C)C)NC(=O)CNC(=S)Nc1ccc(-c2c3ccc(=O)cc-3oc3cc(O)ccc23)c(C(=O)O)c1)C(=O)N[C@@H](C)C(=O)NCCCCN. The zero-order valence-electron chi connectivity index (χ0n) is 38.6. The van der Waals surface area contributed by atoms with E-state index in [-0.39, 0.29) is 70.1 Å². The van der Waals surface area contributed by atoms with Crippen molar-refractivity contribution in [3.63, 3.8) is 0 Å². The fourth-order valence-electron chi connectivity index (χ4n) is 6.98. The summed E-state index contributed by atoms with van der Waals surface area (Å²) < 4.78 is 11.2. The van der Waals surface area contributed by atoms with Crippen LogP contribution >= 0.6 is 12.2 Å². The number of amides is 5. The number of carboxylic acid groups (broad SMARTS) is 1. The highest BCUT2D eigenvalue weighted by molar-refractivity contribution is 7.80. The summed E-state index contributed by atoms with van der Waals surface area (Å²) in [5, 5.41) is 40.2. The molecule has 0 fully saturated rings. The van der Waals surface area contributed by atoms with Crippen molar-refractivity contribution in [2.45, 2.75) is 104 Å². The fourth-order valence-corrected chi connectivity index (χ4v) is 7.17. The number of carboxylic acids is 1. The summed E-state index contributed by atoms with van der Waals surface area (Å²) in [5.41, 5.74) is 6.09. The van der Waals surface area contributed by atoms with E-state index in [1.807, 2.05) is 13.8 Å². The number of benzene rings is 3. The number of hydrogen-bond acceptors (Lipinski definition) is 12. The Morgan fingerprint density at radius 2 is 1.48 bits per heavy atom. The summed E-state index contributed by atoms with van der Waals surface area (Å²) in [6, 6.07) is 9.99. The number of carbonyl (C=O) groups excluding carboxylic acids is 5. The van der Waals surface area contributed by atoms with Crippen molar-refractivity contribution < 1.29 is 48.1 Å². The number of rotatable bonds is 22. The van der Waals surface area contributed by atoms with Crippen molar-refractivity contribution in [2.75, 3.05) is 31.5 Å². The van der Waals surface area contributed by atoms with Gasteiger partial charge < -0.3 is 62.3 Å². The van der Waals surface area contributed by atoms with Crippen LogP contribution in [0.25, 0.3) is 33.4 Å². The summed E-state index contributed by atoms with van der Waals surface area (Å²) in [4.78, 5) is 90.5. The topological polar surface area (TPSA) is 293 Å². The lowest BCUT2D eigenvalue weighted by atomic mass is 9.90. The largest absolute Gasteiger partial charge is 0.508 e. The van der Waals surface area contributed by atoms with Crippen LogP contribution in [0.4, 0.5) is 10.5 Å². The monoisotopic (exact) mass is 946 g/mol. The fraction of sp³-hybridized carbons (Fsp3) is 0.447. The van der Waals surface area contributed by atoms with Gasteiger partial charge in [-0.1, -0.05) is 19.9 Å². The molecule has 0 spiro atoms. The van der Waals surface area contributed by atoms with Gasteiger partial charge >= 0.3 is 12.1 Å². The molecule has 1 unspecified atom stereocenters. The number of nitrogens with two attached hydrogens (primary N) is 1. The third kappa shape index (κ3) is 16.5. The highest BCUT2D eigenvalue weighted by Gasteiger charge is 2.29. The molecule has 0 bridgehead atoms. The van der Waals surface area contributed by atoms with Gasteiger partial charge in [0, 0.05) is 47.4 Å². The first-order chi connectivity index (χ1) is 31.6. The van der Waals surface area contributed by atoms with Crippen molar-refractivity contribution in [3.8, 4) is 28.2 Å². The lowest BCUT2D eigenvalue weighted by molar-refractivity contribution is -0.133. The van der Waals surface area contributed by atoms with E-state index in [0.29, 0.717) is 54.4 Å². The van der Waals surface area contributed by atoms with E-state index in [1.165, 1.54) is 37.3 Å². The minimum atomic E-state index is -1.27. The van der Waals surface area contributed by atoms with Gasteiger partial charge in [0.15, 0.2) is 10.5 Å². The van der Waals surface area contributed by atoms with Crippen LogP contribution in [0.2, 0.25) is 0 Å². The number of aromatic hydroxyl groups is 1. The third-order valence-corrected chi connectivity index (χ3v) is 10.4. The van der Waals surface area contributed by atoms with Gasteiger partial charge in [0.25, 0.3) is 0 Å². The van der Waals surface area contributed by atoms with Gasteiger partial charge in [-0.2, -0.15) is 0 Å². The van der Waals surface area contributed by atoms with Crippen molar-refractivity contribution in [3.05, 3.63) is 70.4 Å². The number of ether oxygens (including phenoxy) is 1. The van der Waals surface area contributed by atoms with Gasteiger partial charge in [-0.25, -0.2) is 9.59 Å². The summed E-state index contributed by atoms with van der Waals surface area (Å²) in [7, 11) is 0. The van der Waals surface area contributed by atoms with Gasteiger partial charge in [-0.3, -0.25) is 24.0 Å². The molecule has 2 aromatic rings. The van der Waals surface area contributed by atoms with E-state index in [9.17, 15) is 43.8 Å². The number of anilines is 1. The molecule has 1 aliphatic heterocycles. The zero-order chi connectivity index (χ0) is 49.4. The van der Waals surface area contributed by atoms with Gasteiger partial charge in [0.1, 0.15) is 40.8 Å². The standard InChI is InChI=1S/C47H62N8O11S/c1-26(2)21-36(43(61)52-27(3)41(59)49-19-10-8-18-48)55-42(60)35(11-7-9-20-50-46(64)66-47(4,5)6)54-39(58)25-51-45(67)53-28-12-15-31(34(22-28)44(62)63)40-32-16-13-29(56)23-37(32)65-38-24-30(57)14-17-33(38)40/h12-17,22-24,26-27,35-36,56H,7-11,18-21,25,48H2,1-6H3,(H,49,59)(H,50,64)(H,52,61)(H,54,58)(H,55,60)(H,62,63)(H2,51,53,67)/t27-,35-,36?/m0/s1.